The summed E-state index contributed by atoms with van der Waals surface area (Å²) in [6.07, 6.45) is 0. The molecule has 0 N–H and O–H groups in total. The summed E-state index contributed by atoms with van der Waals surface area (Å²) in [6, 6.07) is 17.2. The maximum Gasteiger partial charge on any atom is 0.277 e. The van der Waals surface area contributed by atoms with Crippen LogP contribution in [-0.2, 0) is 4.79 Å². The Balaban J connectivity index is 1.24. The van der Waals surface area contributed by atoms with Crippen LogP contribution in [0.3, 0.4) is 0 Å². The van der Waals surface area contributed by atoms with Crippen LogP contribution in [-0.4, -0.2) is 58.2 Å². The molecule has 0 atom stereocenters. The van der Waals surface area contributed by atoms with E-state index in [0.717, 1.165) is 27.4 Å². The fourth-order valence-corrected chi connectivity index (χ4v) is 4.94. The van der Waals surface area contributed by atoms with Gasteiger partial charge in [0.1, 0.15) is 16.6 Å². The standard InChI is InChI=1S/C25H25N5O3S/c1-17-8-9-20(18(2)14-17)33-16-23(32)29-12-10-28(11-13-29)21-15-22(31)30-25(26-21)34-24(27-30)19-6-4-3-5-7-19/h3-9,14-15H,10-13,16H2,1-2H3. The fourth-order valence-electron chi connectivity index (χ4n) is 4.04. The fraction of sp³-hybridized carbons (Fsp3) is 0.280. The van der Waals surface area contributed by atoms with Gasteiger partial charge in [-0.15, -0.1) is 0 Å². The molecule has 5 rings (SSSR count). The first kappa shape index (κ1) is 22.1. The van der Waals surface area contributed by atoms with E-state index in [1.54, 1.807) is 4.90 Å². The molecule has 0 radical (unpaired) electrons. The molecule has 2 aromatic carbocycles. The number of fused-ring (bicyclic) bond motifs is 1. The molecular weight excluding hydrogens is 450 g/mol. The predicted molar refractivity (Wildman–Crippen MR) is 133 cm³/mol. The number of benzene rings is 2. The molecule has 2 aromatic heterocycles. The Bertz CT molecular complexity index is 1390. The lowest BCUT2D eigenvalue weighted by atomic mass is 10.1. The molecule has 1 aliphatic heterocycles. The molecule has 1 saturated heterocycles. The van der Waals surface area contributed by atoms with Gasteiger partial charge in [0.25, 0.3) is 11.5 Å². The summed E-state index contributed by atoms with van der Waals surface area (Å²) in [4.78, 5) is 34.4. The topological polar surface area (TPSA) is 80.0 Å². The minimum atomic E-state index is -0.209. The Morgan fingerprint density at radius 2 is 1.79 bits per heavy atom. The molecule has 1 aliphatic rings. The van der Waals surface area contributed by atoms with E-state index in [0.29, 0.717) is 37.0 Å². The van der Waals surface area contributed by atoms with Crippen LogP contribution in [0.4, 0.5) is 5.82 Å². The first-order valence-electron chi connectivity index (χ1n) is 11.2. The molecule has 0 saturated carbocycles. The molecule has 0 bridgehead atoms. The monoisotopic (exact) mass is 475 g/mol. The number of nitrogens with zero attached hydrogens (tertiary/aromatic N) is 5. The van der Waals surface area contributed by atoms with Crippen molar-refractivity contribution in [3.63, 3.8) is 0 Å². The highest BCUT2D eigenvalue weighted by atomic mass is 32.1. The molecule has 0 spiro atoms. The Hall–Kier alpha value is -3.72. The van der Waals surface area contributed by atoms with Gasteiger partial charge < -0.3 is 14.5 Å². The van der Waals surface area contributed by atoms with Crippen LogP contribution in [0.1, 0.15) is 11.1 Å². The first-order chi connectivity index (χ1) is 16.5. The number of anilines is 1. The van der Waals surface area contributed by atoms with Crippen LogP contribution >= 0.6 is 11.3 Å². The van der Waals surface area contributed by atoms with Crippen molar-refractivity contribution >= 4 is 28.0 Å². The number of amides is 1. The molecule has 9 heteroatoms. The van der Waals surface area contributed by atoms with Crippen molar-refractivity contribution in [1.29, 1.82) is 0 Å². The zero-order valence-electron chi connectivity index (χ0n) is 19.1. The molecule has 4 aromatic rings. The minimum absolute atomic E-state index is 0.0125. The van der Waals surface area contributed by atoms with Crippen molar-refractivity contribution in [3.8, 4) is 16.3 Å². The van der Waals surface area contributed by atoms with Gasteiger partial charge in [-0.05, 0) is 25.5 Å². The average Bonchev–Trinajstić information content (AvgIpc) is 3.29. The Kier molecular flexibility index (Phi) is 6.02. The number of rotatable bonds is 5. The van der Waals surface area contributed by atoms with Crippen molar-refractivity contribution in [1.82, 2.24) is 19.5 Å². The van der Waals surface area contributed by atoms with Crippen LogP contribution in [0.2, 0.25) is 0 Å². The summed E-state index contributed by atoms with van der Waals surface area (Å²) >= 11 is 1.39. The van der Waals surface area contributed by atoms with E-state index >= 15 is 0 Å². The molecule has 174 valence electrons. The van der Waals surface area contributed by atoms with Crippen molar-refractivity contribution in [3.05, 3.63) is 76.1 Å². The van der Waals surface area contributed by atoms with Crippen LogP contribution < -0.4 is 15.2 Å². The normalized spacial score (nSPS) is 13.9. The molecule has 0 unspecified atom stereocenters. The molecule has 1 amide bonds. The number of piperazine rings is 1. The third-order valence-electron chi connectivity index (χ3n) is 5.89. The molecule has 8 nitrogen and oxygen atoms in total. The number of hydrogen-bond acceptors (Lipinski definition) is 7. The largest absolute Gasteiger partial charge is 0.484 e. The minimum Gasteiger partial charge on any atom is -0.484 e. The Labute approximate surface area is 201 Å². The van der Waals surface area contributed by atoms with E-state index in [2.05, 4.69) is 10.1 Å². The van der Waals surface area contributed by atoms with Gasteiger partial charge in [-0.1, -0.05) is 59.4 Å². The Morgan fingerprint density at radius 3 is 2.53 bits per heavy atom. The summed E-state index contributed by atoms with van der Waals surface area (Å²) in [5, 5.41) is 5.19. The molecule has 0 aliphatic carbocycles. The Morgan fingerprint density at radius 1 is 1.03 bits per heavy atom. The number of aryl methyl sites for hydroxylation is 2. The quantitative estimate of drug-likeness (QED) is 0.441. The number of carbonyl (C=O) groups is 1. The highest BCUT2D eigenvalue weighted by Gasteiger charge is 2.23. The summed E-state index contributed by atoms with van der Waals surface area (Å²) in [6.45, 7) is 6.31. The van der Waals surface area contributed by atoms with Gasteiger partial charge in [0, 0.05) is 37.8 Å². The van der Waals surface area contributed by atoms with Crippen LogP contribution in [0.5, 0.6) is 5.75 Å². The van der Waals surface area contributed by atoms with Gasteiger partial charge in [0.2, 0.25) is 4.96 Å². The van der Waals surface area contributed by atoms with E-state index in [4.69, 9.17) is 4.74 Å². The summed E-state index contributed by atoms with van der Waals surface area (Å²) in [5.41, 5.74) is 2.92. The van der Waals surface area contributed by atoms with Gasteiger partial charge in [-0.3, -0.25) is 9.59 Å². The van der Waals surface area contributed by atoms with E-state index in [9.17, 15) is 9.59 Å². The van der Waals surface area contributed by atoms with Gasteiger partial charge in [-0.2, -0.15) is 9.61 Å². The second-order valence-electron chi connectivity index (χ2n) is 8.35. The van der Waals surface area contributed by atoms with Gasteiger partial charge >= 0.3 is 0 Å². The first-order valence-corrected chi connectivity index (χ1v) is 12.0. The predicted octanol–water partition coefficient (Wildman–Crippen LogP) is 3.16. The van der Waals surface area contributed by atoms with Crippen LogP contribution in [0.25, 0.3) is 15.5 Å². The van der Waals surface area contributed by atoms with E-state index in [1.165, 1.54) is 21.9 Å². The number of ether oxygens (including phenoxy) is 1. The summed E-state index contributed by atoms with van der Waals surface area (Å²) in [7, 11) is 0. The van der Waals surface area contributed by atoms with Crippen LogP contribution in [0.15, 0.2) is 59.4 Å². The van der Waals surface area contributed by atoms with Gasteiger partial charge in [0.15, 0.2) is 6.61 Å². The molecule has 1 fully saturated rings. The second-order valence-corrected chi connectivity index (χ2v) is 9.30. The lowest BCUT2D eigenvalue weighted by Crippen LogP contribution is -2.50. The van der Waals surface area contributed by atoms with Crippen molar-refractivity contribution in [2.45, 2.75) is 13.8 Å². The number of carbonyl (C=O) groups excluding carboxylic acids is 1. The zero-order valence-corrected chi connectivity index (χ0v) is 19.9. The summed E-state index contributed by atoms with van der Waals surface area (Å²) < 4.78 is 7.10. The smallest absolute Gasteiger partial charge is 0.277 e. The third kappa shape index (κ3) is 4.51. The third-order valence-corrected chi connectivity index (χ3v) is 6.85. The lowest BCUT2D eigenvalue weighted by molar-refractivity contribution is -0.133. The lowest BCUT2D eigenvalue weighted by Gasteiger charge is -2.35. The highest BCUT2D eigenvalue weighted by molar-refractivity contribution is 7.19. The molecular formula is C25H25N5O3S. The maximum atomic E-state index is 12.7. The van der Waals surface area contributed by atoms with E-state index in [-0.39, 0.29) is 18.1 Å². The van der Waals surface area contributed by atoms with Crippen molar-refractivity contribution in [2.24, 2.45) is 0 Å². The van der Waals surface area contributed by atoms with E-state index in [1.807, 2.05) is 67.3 Å². The zero-order chi connectivity index (χ0) is 23.7. The van der Waals surface area contributed by atoms with Crippen molar-refractivity contribution in [2.75, 3.05) is 37.7 Å². The van der Waals surface area contributed by atoms with Gasteiger partial charge in [-0.25, -0.2) is 4.98 Å². The van der Waals surface area contributed by atoms with Crippen LogP contribution in [0, 0.1) is 13.8 Å². The number of aromatic nitrogens is 3. The second kappa shape index (κ2) is 9.26. The average molecular weight is 476 g/mol. The summed E-state index contributed by atoms with van der Waals surface area (Å²) in [5.74, 6) is 1.31. The SMILES string of the molecule is Cc1ccc(OCC(=O)N2CCN(c3cc(=O)n4nc(-c5ccccc5)sc4n3)CC2)c(C)c1. The molecule has 3 heterocycles. The highest BCUT2D eigenvalue weighted by Crippen LogP contribution is 2.25. The van der Waals surface area contributed by atoms with Gasteiger partial charge in [0.05, 0.1) is 0 Å². The van der Waals surface area contributed by atoms with Crippen molar-refractivity contribution < 1.29 is 9.53 Å². The number of hydrogen-bond donors (Lipinski definition) is 0. The molecule has 34 heavy (non-hydrogen) atoms. The van der Waals surface area contributed by atoms with E-state index < -0.39 is 0 Å². The maximum absolute atomic E-state index is 12.7.